The predicted molar refractivity (Wildman–Crippen MR) is 70.7 cm³/mol. The summed E-state index contributed by atoms with van der Waals surface area (Å²) in [6.07, 6.45) is 2.52. The van der Waals surface area contributed by atoms with E-state index in [2.05, 4.69) is 13.8 Å². The lowest BCUT2D eigenvalue weighted by Gasteiger charge is -2.10. The van der Waals surface area contributed by atoms with Crippen molar-refractivity contribution in [3.63, 3.8) is 0 Å². The van der Waals surface area contributed by atoms with Crippen LogP contribution in [-0.2, 0) is 0 Å². The molecule has 2 N–H and O–H groups in total. The van der Waals surface area contributed by atoms with E-state index in [0.29, 0.717) is 0 Å². The molecule has 0 radical (unpaired) electrons. The predicted octanol–water partition coefficient (Wildman–Crippen LogP) is 4.45. The molecule has 1 unspecified atom stereocenters. The Balaban J connectivity index is 2.50. The smallest absolute Gasteiger partial charge is 0.0562 e. The van der Waals surface area contributed by atoms with E-state index in [-0.39, 0.29) is 0 Å². The van der Waals surface area contributed by atoms with Crippen molar-refractivity contribution in [2.45, 2.75) is 31.6 Å². The van der Waals surface area contributed by atoms with Crippen molar-refractivity contribution >= 4 is 29.1 Å². The number of rotatable bonds is 5. The average Bonchev–Trinajstić information content (AvgIpc) is 2.17. The van der Waals surface area contributed by atoms with Crippen LogP contribution in [-0.4, -0.2) is 5.75 Å². The summed E-state index contributed by atoms with van der Waals surface area (Å²) in [5.41, 5.74) is 6.37. The number of anilines is 1. The molecule has 0 fully saturated rings. The first kappa shape index (κ1) is 12.7. The van der Waals surface area contributed by atoms with Gasteiger partial charge in [0, 0.05) is 16.3 Å². The van der Waals surface area contributed by atoms with E-state index in [9.17, 15) is 0 Å². The van der Waals surface area contributed by atoms with Crippen molar-refractivity contribution in [3.05, 3.63) is 23.2 Å². The zero-order valence-corrected chi connectivity index (χ0v) is 10.9. The van der Waals surface area contributed by atoms with E-state index < -0.39 is 0 Å². The number of nitrogens with two attached hydrogens (primary N) is 1. The number of hydrogen-bond donors (Lipinski definition) is 1. The van der Waals surface area contributed by atoms with Crippen LogP contribution in [0, 0.1) is 5.92 Å². The van der Waals surface area contributed by atoms with Crippen LogP contribution in [0.4, 0.5) is 5.69 Å². The average molecular weight is 244 g/mol. The topological polar surface area (TPSA) is 26.0 Å². The van der Waals surface area contributed by atoms with E-state index in [1.54, 1.807) is 0 Å². The highest BCUT2D eigenvalue weighted by atomic mass is 35.5. The molecule has 0 spiro atoms. The Labute approximate surface area is 101 Å². The molecule has 1 nitrogen and oxygen atoms in total. The van der Waals surface area contributed by atoms with Gasteiger partial charge in [-0.25, -0.2) is 0 Å². The molecule has 0 aliphatic heterocycles. The zero-order valence-electron chi connectivity index (χ0n) is 9.29. The van der Waals surface area contributed by atoms with Crippen molar-refractivity contribution in [3.8, 4) is 0 Å². The van der Waals surface area contributed by atoms with Gasteiger partial charge < -0.3 is 5.73 Å². The van der Waals surface area contributed by atoms with E-state index in [0.717, 1.165) is 27.3 Å². The van der Waals surface area contributed by atoms with Gasteiger partial charge in [-0.2, -0.15) is 0 Å². The standard InChI is InChI=1S/C12H18ClNS/c1-3-4-9(2)8-15-12-6-5-10(14)7-11(12)13/h5-7,9H,3-4,8,14H2,1-2H3. The SMILES string of the molecule is CCCC(C)CSc1ccc(N)cc1Cl. The number of thioether (sulfide) groups is 1. The van der Waals surface area contributed by atoms with E-state index in [1.807, 2.05) is 30.0 Å². The third-order valence-corrected chi connectivity index (χ3v) is 4.09. The molecule has 3 heteroatoms. The van der Waals surface area contributed by atoms with Gasteiger partial charge >= 0.3 is 0 Å². The maximum Gasteiger partial charge on any atom is 0.0562 e. The van der Waals surface area contributed by atoms with Gasteiger partial charge in [-0.05, 0) is 24.1 Å². The summed E-state index contributed by atoms with van der Waals surface area (Å²) in [6.45, 7) is 4.50. The van der Waals surface area contributed by atoms with Crippen LogP contribution >= 0.6 is 23.4 Å². The zero-order chi connectivity index (χ0) is 11.3. The molecule has 84 valence electrons. The second-order valence-corrected chi connectivity index (χ2v) is 5.36. The quantitative estimate of drug-likeness (QED) is 0.611. The normalized spacial score (nSPS) is 12.7. The summed E-state index contributed by atoms with van der Waals surface area (Å²) < 4.78 is 0. The highest BCUT2D eigenvalue weighted by molar-refractivity contribution is 7.99. The maximum absolute atomic E-state index is 6.09. The summed E-state index contributed by atoms with van der Waals surface area (Å²) in [7, 11) is 0. The molecule has 0 heterocycles. The lowest BCUT2D eigenvalue weighted by molar-refractivity contribution is 0.585. The first-order chi connectivity index (χ1) is 7.13. The highest BCUT2D eigenvalue weighted by Gasteiger charge is 2.05. The van der Waals surface area contributed by atoms with Gasteiger partial charge in [0.05, 0.1) is 5.02 Å². The Hall–Kier alpha value is -0.340. The molecule has 0 saturated carbocycles. The molecule has 0 bridgehead atoms. The van der Waals surface area contributed by atoms with Gasteiger partial charge in [0.15, 0.2) is 0 Å². The number of nitrogen functional groups attached to an aromatic ring is 1. The van der Waals surface area contributed by atoms with Gasteiger partial charge in [-0.15, -0.1) is 11.8 Å². The third kappa shape index (κ3) is 4.35. The monoisotopic (exact) mass is 243 g/mol. The molecule has 1 rings (SSSR count). The van der Waals surface area contributed by atoms with Gasteiger partial charge in [0.25, 0.3) is 0 Å². The van der Waals surface area contributed by atoms with Crippen molar-refractivity contribution in [1.82, 2.24) is 0 Å². The van der Waals surface area contributed by atoms with Crippen LogP contribution in [0.5, 0.6) is 0 Å². The van der Waals surface area contributed by atoms with Crippen LogP contribution in [0.15, 0.2) is 23.1 Å². The second kappa shape index (κ2) is 6.29. The fourth-order valence-electron chi connectivity index (χ4n) is 1.44. The van der Waals surface area contributed by atoms with Crippen LogP contribution in [0.3, 0.4) is 0 Å². The maximum atomic E-state index is 6.09. The Kier molecular flexibility index (Phi) is 5.34. The van der Waals surface area contributed by atoms with E-state index >= 15 is 0 Å². The summed E-state index contributed by atoms with van der Waals surface area (Å²) in [6, 6.07) is 5.72. The van der Waals surface area contributed by atoms with Gasteiger partial charge in [-0.1, -0.05) is 38.3 Å². The number of halogens is 1. The number of hydrogen-bond acceptors (Lipinski definition) is 2. The van der Waals surface area contributed by atoms with Crippen LogP contribution in [0.25, 0.3) is 0 Å². The van der Waals surface area contributed by atoms with Crippen LogP contribution in [0.1, 0.15) is 26.7 Å². The molecule has 0 saturated heterocycles. The van der Waals surface area contributed by atoms with Gasteiger partial charge in [0.2, 0.25) is 0 Å². The fraction of sp³-hybridized carbons (Fsp3) is 0.500. The molecule has 0 aliphatic rings. The molecule has 0 aliphatic carbocycles. The first-order valence-corrected chi connectivity index (χ1v) is 6.67. The van der Waals surface area contributed by atoms with Crippen LogP contribution < -0.4 is 5.73 Å². The first-order valence-electron chi connectivity index (χ1n) is 5.31. The largest absolute Gasteiger partial charge is 0.399 e. The summed E-state index contributed by atoms with van der Waals surface area (Å²) in [4.78, 5) is 1.13. The van der Waals surface area contributed by atoms with Crippen molar-refractivity contribution in [1.29, 1.82) is 0 Å². The van der Waals surface area contributed by atoms with Crippen molar-refractivity contribution < 1.29 is 0 Å². The fourth-order valence-corrected chi connectivity index (χ4v) is 2.79. The van der Waals surface area contributed by atoms with Gasteiger partial charge in [-0.3, -0.25) is 0 Å². The Bertz CT molecular complexity index is 314. The van der Waals surface area contributed by atoms with Crippen LogP contribution in [0.2, 0.25) is 5.02 Å². The molecule has 1 aromatic rings. The van der Waals surface area contributed by atoms with E-state index in [1.165, 1.54) is 12.8 Å². The lowest BCUT2D eigenvalue weighted by atomic mass is 10.1. The minimum Gasteiger partial charge on any atom is -0.399 e. The Morgan fingerprint density at radius 1 is 1.47 bits per heavy atom. The second-order valence-electron chi connectivity index (χ2n) is 3.89. The van der Waals surface area contributed by atoms with E-state index in [4.69, 9.17) is 17.3 Å². The molecule has 1 atom stereocenters. The third-order valence-electron chi connectivity index (χ3n) is 2.26. The molecule has 1 aromatic carbocycles. The summed E-state index contributed by atoms with van der Waals surface area (Å²) in [5.74, 6) is 1.87. The minimum absolute atomic E-state index is 0.728. The highest BCUT2D eigenvalue weighted by Crippen LogP contribution is 2.30. The molecular weight excluding hydrogens is 226 g/mol. The molecule has 0 aromatic heterocycles. The molecule has 15 heavy (non-hydrogen) atoms. The lowest BCUT2D eigenvalue weighted by Crippen LogP contribution is -1.97. The Morgan fingerprint density at radius 3 is 2.80 bits per heavy atom. The summed E-state index contributed by atoms with van der Waals surface area (Å²) in [5, 5.41) is 0.767. The van der Waals surface area contributed by atoms with Crippen molar-refractivity contribution in [2.24, 2.45) is 5.92 Å². The summed E-state index contributed by atoms with van der Waals surface area (Å²) >= 11 is 7.91. The van der Waals surface area contributed by atoms with Crippen molar-refractivity contribution in [2.75, 3.05) is 11.5 Å². The molecule has 0 amide bonds. The number of benzene rings is 1. The molecular formula is C12H18ClNS. The minimum atomic E-state index is 0.728. The van der Waals surface area contributed by atoms with Gasteiger partial charge in [0.1, 0.15) is 0 Å². The Morgan fingerprint density at radius 2 is 2.20 bits per heavy atom.